The summed E-state index contributed by atoms with van der Waals surface area (Å²) in [6, 6.07) is 6.24. The van der Waals surface area contributed by atoms with Crippen LogP contribution in [-0.4, -0.2) is 18.6 Å². The minimum absolute atomic E-state index is 0.0808. The maximum absolute atomic E-state index is 5.61. The Balaban J connectivity index is 2.46. The summed E-state index contributed by atoms with van der Waals surface area (Å²) in [7, 11) is 1.66. The zero-order valence-electron chi connectivity index (χ0n) is 8.86. The van der Waals surface area contributed by atoms with E-state index in [1.54, 1.807) is 18.4 Å². The molecule has 1 aromatic heterocycles. The monoisotopic (exact) mass is 222 g/mol. The molecule has 0 aliphatic carbocycles. The molecule has 80 valence electrons. The summed E-state index contributed by atoms with van der Waals surface area (Å²) in [6.45, 7) is 2.55. The molecule has 0 spiro atoms. The Bertz CT molecular complexity index is 463. The first kappa shape index (κ1) is 10.5. The second kappa shape index (κ2) is 4.26. The first-order chi connectivity index (χ1) is 7.24. The van der Waals surface area contributed by atoms with Gasteiger partial charge in [0.05, 0.1) is 10.2 Å². The summed E-state index contributed by atoms with van der Waals surface area (Å²) >= 11 is 1.65. The second-order valence-electron chi connectivity index (χ2n) is 3.48. The highest BCUT2D eigenvalue weighted by atomic mass is 32.1. The molecule has 0 aliphatic heterocycles. The van der Waals surface area contributed by atoms with E-state index in [0.717, 1.165) is 10.5 Å². The number of nitrogens with zero attached hydrogens (tertiary/aromatic N) is 1. The van der Waals surface area contributed by atoms with Crippen molar-refractivity contribution in [2.75, 3.05) is 13.7 Å². The van der Waals surface area contributed by atoms with Crippen LogP contribution in [0.25, 0.3) is 10.2 Å². The molecule has 15 heavy (non-hydrogen) atoms. The van der Waals surface area contributed by atoms with Gasteiger partial charge >= 0.3 is 0 Å². The van der Waals surface area contributed by atoms with Gasteiger partial charge in [-0.15, -0.1) is 11.3 Å². The molecule has 0 aliphatic rings. The average molecular weight is 222 g/mol. The largest absolute Gasteiger partial charge is 0.373 e. The van der Waals surface area contributed by atoms with Crippen molar-refractivity contribution in [1.82, 2.24) is 4.98 Å². The number of rotatable bonds is 3. The van der Waals surface area contributed by atoms with Crippen molar-refractivity contribution in [3.05, 3.63) is 28.8 Å². The molecule has 0 bridgehead atoms. The normalized spacial score (nSPS) is 13.3. The zero-order valence-corrected chi connectivity index (χ0v) is 9.67. The minimum Gasteiger partial charge on any atom is -0.373 e. The predicted octanol–water partition coefficient (Wildman–Crippen LogP) is 2.25. The quantitative estimate of drug-likeness (QED) is 0.866. The molecule has 0 saturated carbocycles. The molecular formula is C11H14N2OS. The van der Waals surface area contributed by atoms with Gasteiger partial charge in [0.25, 0.3) is 0 Å². The van der Waals surface area contributed by atoms with E-state index in [4.69, 9.17) is 10.5 Å². The van der Waals surface area contributed by atoms with Gasteiger partial charge in [0.2, 0.25) is 0 Å². The molecular weight excluding hydrogens is 208 g/mol. The van der Waals surface area contributed by atoms with Crippen LogP contribution in [0.1, 0.15) is 16.7 Å². The van der Waals surface area contributed by atoms with Crippen LogP contribution in [0.4, 0.5) is 0 Å². The van der Waals surface area contributed by atoms with Gasteiger partial charge in [-0.25, -0.2) is 4.98 Å². The fraction of sp³-hybridized carbons (Fsp3) is 0.364. The van der Waals surface area contributed by atoms with E-state index in [2.05, 4.69) is 24.0 Å². The molecule has 1 atom stereocenters. The van der Waals surface area contributed by atoms with Gasteiger partial charge in [-0.3, -0.25) is 0 Å². The lowest BCUT2D eigenvalue weighted by Gasteiger charge is -2.07. The highest BCUT2D eigenvalue weighted by Crippen LogP contribution is 2.28. The van der Waals surface area contributed by atoms with Crippen molar-refractivity contribution in [3.63, 3.8) is 0 Å². The van der Waals surface area contributed by atoms with Crippen molar-refractivity contribution in [3.8, 4) is 0 Å². The fourth-order valence-electron chi connectivity index (χ4n) is 1.49. The van der Waals surface area contributed by atoms with Crippen LogP contribution in [0.15, 0.2) is 18.2 Å². The highest BCUT2D eigenvalue weighted by Gasteiger charge is 2.13. The van der Waals surface area contributed by atoms with Crippen LogP contribution in [-0.2, 0) is 4.74 Å². The number of aromatic nitrogens is 1. The summed E-state index contributed by atoms with van der Waals surface area (Å²) < 4.78 is 6.46. The van der Waals surface area contributed by atoms with Crippen LogP contribution in [0, 0.1) is 6.92 Å². The van der Waals surface area contributed by atoms with E-state index in [-0.39, 0.29) is 6.10 Å². The smallest absolute Gasteiger partial charge is 0.124 e. The number of methoxy groups -OCH3 is 1. The summed E-state index contributed by atoms with van der Waals surface area (Å²) in [6.07, 6.45) is -0.0808. The van der Waals surface area contributed by atoms with Crippen LogP contribution in [0.5, 0.6) is 0 Å². The van der Waals surface area contributed by atoms with Crippen LogP contribution >= 0.6 is 11.3 Å². The summed E-state index contributed by atoms with van der Waals surface area (Å²) in [5.41, 5.74) is 7.88. The molecule has 0 radical (unpaired) electrons. The highest BCUT2D eigenvalue weighted by molar-refractivity contribution is 7.18. The number of hydrogen-bond acceptors (Lipinski definition) is 4. The van der Waals surface area contributed by atoms with E-state index >= 15 is 0 Å². The number of hydrogen-bond donors (Lipinski definition) is 1. The number of benzene rings is 1. The van der Waals surface area contributed by atoms with Gasteiger partial charge in [0.15, 0.2) is 0 Å². The topological polar surface area (TPSA) is 48.1 Å². The van der Waals surface area contributed by atoms with Crippen LogP contribution in [0.2, 0.25) is 0 Å². The summed E-state index contributed by atoms with van der Waals surface area (Å²) in [5, 5.41) is 0.959. The molecule has 0 saturated heterocycles. The second-order valence-corrected chi connectivity index (χ2v) is 4.55. The van der Waals surface area contributed by atoms with Gasteiger partial charge in [-0.2, -0.15) is 0 Å². The Morgan fingerprint density at radius 2 is 2.33 bits per heavy atom. The van der Waals surface area contributed by atoms with Gasteiger partial charge in [0.1, 0.15) is 11.1 Å². The third kappa shape index (κ3) is 2.02. The molecule has 1 aromatic carbocycles. The van der Waals surface area contributed by atoms with Gasteiger partial charge in [-0.05, 0) is 24.6 Å². The van der Waals surface area contributed by atoms with Crippen molar-refractivity contribution in [2.45, 2.75) is 13.0 Å². The molecule has 0 fully saturated rings. The third-order valence-corrected chi connectivity index (χ3v) is 3.44. The van der Waals surface area contributed by atoms with Gasteiger partial charge in [0, 0.05) is 13.7 Å². The zero-order chi connectivity index (χ0) is 10.8. The minimum atomic E-state index is -0.0808. The predicted molar refractivity (Wildman–Crippen MR) is 63.2 cm³/mol. The van der Waals surface area contributed by atoms with Crippen LogP contribution in [0.3, 0.4) is 0 Å². The number of nitrogens with two attached hydrogens (primary N) is 1. The lowest BCUT2D eigenvalue weighted by Crippen LogP contribution is -2.13. The molecule has 3 nitrogen and oxygen atoms in total. The Morgan fingerprint density at radius 3 is 3.00 bits per heavy atom. The molecule has 0 amide bonds. The summed E-state index contributed by atoms with van der Waals surface area (Å²) in [4.78, 5) is 4.51. The Labute approximate surface area is 92.9 Å². The summed E-state index contributed by atoms with van der Waals surface area (Å²) in [5.74, 6) is 0. The SMILES string of the molecule is COC(CN)c1nc2ccc(C)cc2s1. The van der Waals surface area contributed by atoms with Crippen molar-refractivity contribution in [2.24, 2.45) is 5.73 Å². The number of thiazole rings is 1. The maximum atomic E-state index is 5.61. The maximum Gasteiger partial charge on any atom is 0.124 e. The van der Waals surface area contributed by atoms with E-state index in [1.807, 2.05) is 6.07 Å². The number of aryl methyl sites for hydroxylation is 1. The van der Waals surface area contributed by atoms with Crippen molar-refractivity contribution >= 4 is 21.6 Å². The van der Waals surface area contributed by atoms with E-state index in [1.165, 1.54) is 10.3 Å². The number of fused-ring (bicyclic) bond motifs is 1. The lowest BCUT2D eigenvalue weighted by molar-refractivity contribution is 0.110. The molecule has 2 rings (SSSR count). The van der Waals surface area contributed by atoms with Crippen molar-refractivity contribution < 1.29 is 4.74 Å². The molecule has 1 unspecified atom stereocenters. The van der Waals surface area contributed by atoms with Crippen molar-refractivity contribution in [1.29, 1.82) is 0 Å². The Kier molecular flexibility index (Phi) is 3.00. The Hall–Kier alpha value is -0.970. The Morgan fingerprint density at radius 1 is 1.53 bits per heavy atom. The van der Waals surface area contributed by atoms with Gasteiger partial charge < -0.3 is 10.5 Å². The van der Waals surface area contributed by atoms with E-state index in [0.29, 0.717) is 6.54 Å². The van der Waals surface area contributed by atoms with Crippen LogP contribution < -0.4 is 5.73 Å². The first-order valence-corrected chi connectivity index (χ1v) is 5.66. The van der Waals surface area contributed by atoms with E-state index in [9.17, 15) is 0 Å². The molecule has 2 N–H and O–H groups in total. The third-order valence-electron chi connectivity index (χ3n) is 2.33. The standard InChI is InChI=1S/C11H14N2OS/c1-7-3-4-8-10(5-7)15-11(13-8)9(6-12)14-2/h3-5,9H,6,12H2,1-2H3. The molecule has 1 heterocycles. The lowest BCUT2D eigenvalue weighted by atomic mass is 10.2. The number of ether oxygens (including phenoxy) is 1. The molecule has 2 aromatic rings. The van der Waals surface area contributed by atoms with E-state index < -0.39 is 0 Å². The first-order valence-electron chi connectivity index (χ1n) is 4.84. The average Bonchev–Trinajstić information content (AvgIpc) is 2.62. The molecule has 4 heteroatoms. The van der Waals surface area contributed by atoms with Gasteiger partial charge in [-0.1, -0.05) is 6.07 Å². The fourth-order valence-corrected chi connectivity index (χ4v) is 2.64.